The molecule has 1 aliphatic heterocycles. The smallest absolute Gasteiger partial charge is 0.273 e. The van der Waals surface area contributed by atoms with Crippen molar-refractivity contribution < 1.29 is 14.4 Å². The molecule has 0 bridgehead atoms. The number of nitro groups is 1. The van der Waals surface area contributed by atoms with E-state index in [1.807, 2.05) is 6.07 Å². The summed E-state index contributed by atoms with van der Waals surface area (Å²) < 4.78 is 10.5. The third-order valence-corrected chi connectivity index (χ3v) is 3.59. The molecule has 2 N–H and O–H groups in total. The molecule has 0 amide bonds. The van der Waals surface area contributed by atoms with Gasteiger partial charge in [-0.3, -0.25) is 10.1 Å². The monoisotopic (exact) mass is 266 g/mol. The van der Waals surface area contributed by atoms with Crippen molar-refractivity contribution in [2.45, 2.75) is 12.8 Å². The molecule has 1 aliphatic rings. The number of non-ortho nitro benzene ring substituents is 1. The van der Waals surface area contributed by atoms with Crippen LogP contribution in [0.25, 0.3) is 0 Å². The summed E-state index contributed by atoms with van der Waals surface area (Å²) >= 11 is 0. The van der Waals surface area contributed by atoms with Gasteiger partial charge >= 0.3 is 0 Å². The Morgan fingerprint density at radius 2 is 2.32 bits per heavy atom. The molecule has 1 unspecified atom stereocenters. The van der Waals surface area contributed by atoms with Gasteiger partial charge in [-0.15, -0.1) is 0 Å². The van der Waals surface area contributed by atoms with Crippen LogP contribution in [0.5, 0.6) is 5.75 Å². The van der Waals surface area contributed by atoms with E-state index in [1.165, 1.54) is 13.2 Å². The van der Waals surface area contributed by atoms with Gasteiger partial charge in [-0.25, -0.2) is 0 Å². The van der Waals surface area contributed by atoms with Crippen LogP contribution in [-0.2, 0) is 11.2 Å². The highest BCUT2D eigenvalue weighted by atomic mass is 16.6. The van der Waals surface area contributed by atoms with Crippen LogP contribution in [0.2, 0.25) is 0 Å². The Kier molecular flexibility index (Phi) is 4.01. The van der Waals surface area contributed by atoms with E-state index in [-0.39, 0.29) is 11.1 Å². The van der Waals surface area contributed by atoms with Crippen LogP contribution in [0.1, 0.15) is 12.0 Å². The first-order valence-corrected chi connectivity index (χ1v) is 6.19. The maximum atomic E-state index is 10.9. The summed E-state index contributed by atoms with van der Waals surface area (Å²) in [4.78, 5) is 10.5. The predicted octanol–water partition coefficient (Wildman–Crippen LogP) is 1.51. The second-order valence-corrected chi connectivity index (χ2v) is 4.98. The van der Waals surface area contributed by atoms with E-state index in [1.54, 1.807) is 6.07 Å². The molecular weight excluding hydrogens is 248 g/mol. The Bertz CT molecular complexity index is 470. The zero-order valence-corrected chi connectivity index (χ0v) is 10.9. The molecule has 1 aromatic carbocycles. The normalized spacial score (nSPS) is 22.4. The highest BCUT2D eigenvalue weighted by Gasteiger charge is 2.34. The first kappa shape index (κ1) is 13.8. The fourth-order valence-corrected chi connectivity index (χ4v) is 2.42. The molecule has 0 saturated carbocycles. The van der Waals surface area contributed by atoms with Gasteiger partial charge in [-0.05, 0) is 24.5 Å². The van der Waals surface area contributed by atoms with Crippen LogP contribution in [0.4, 0.5) is 5.69 Å². The lowest BCUT2D eigenvalue weighted by atomic mass is 9.81. The number of hydrogen-bond acceptors (Lipinski definition) is 5. The van der Waals surface area contributed by atoms with E-state index >= 15 is 0 Å². The summed E-state index contributed by atoms with van der Waals surface area (Å²) in [6.07, 6.45) is 1.55. The summed E-state index contributed by atoms with van der Waals surface area (Å²) in [6.45, 7) is 1.82. The number of rotatable bonds is 5. The van der Waals surface area contributed by atoms with E-state index in [4.69, 9.17) is 15.2 Å². The highest BCUT2D eigenvalue weighted by Crippen LogP contribution is 2.33. The molecule has 6 nitrogen and oxygen atoms in total. The summed E-state index contributed by atoms with van der Waals surface area (Å²) in [5.74, 6) is 0.496. The van der Waals surface area contributed by atoms with E-state index in [0.29, 0.717) is 31.9 Å². The molecule has 1 saturated heterocycles. The zero-order chi connectivity index (χ0) is 13.9. The number of hydrogen-bond donors (Lipinski definition) is 1. The van der Waals surface area contributed by atoms with Crippen molar-refractivity contribution in [1.29, 1.82) is 0 Å². The Morgan fingerprint density at radius 3 is 2.84 bits per heavy atom. The van der Waals surface area contributed by atoms with Crippen molar-refractivity contribution >= 4 is 5.69 Å². The van der Waals surface area contributed by atoms with Crippen molar-refractivity contribution in [1.82, 2.24) is 0 Å². The SMILES string of the molecule is COc1cc(CC2(CN)CCOC2)cc([N+](=O)[O-])c1. The Morgan fingerprint density at radius 1 is 1.53 bits per heavy atom. The fourth-order valence-electron chi connectivity index (χ4n) is 2.42. The minimum atomic E-state index is -0.410. The van der Waals surface area contributed by atoms with Crippen LogP contribution in [0.3, 0.4) is 0 Å². The number of benzene rings is 1. The van der Waals surface area contributed by atoms with Gasteiger partial charge in [-0.2, -0.15) is 0 Å². The minimum Gasteiger partial charge on any atom is -0.496 e. The first-order chi connectivity index (χ1) is 9.08. The molecule has 0 spiro atoms. The van der Waals surface area contributed by atoms with Gasteiger partial charge in [0.1, 0.15) is 5.75 Å². The zero-order valence-electron chi connectivity index (χ0n) is 10.9. The van der Waals surface area contributed by atoms with Crippen LogP contribution in [-0.4, -0.2) is 31.8 Å². The molecule has 0 radical (unpaired) electrons. The summed E-state index contributed by atoms with van der Waals surface area (Å²) in [7, 11) is 1.50. The molecule has 0 aliphatic carbocycles. The summed E-state index contributed by atoms with van der Waals surface area (Å²) in [5.41, 5.74) is 6.63. The third kappa shape index (κ3) is 3.02. The van der Waals surface area contributed by atoms with Crippen molar-refractivity contribution in [3.8, 4) is 5.75 Å². The molecule has 1 aromatic rings. The van der Waals surface area contributed by atoms with Crippen molar-refractivity contribution in [2.24, 2.45) is 11.1 Å². The number of nitrogens with zero attached hydrogens (tertiary/aromatic N) is 1. The van der Waals surface area contributed by atoms with Crippen LogP contribution in [0, 0.1) is 15.5 Å². The summed E-state index contributed by atoms with van der Waals surface area (Å²) in [5, 5.41) is 10.9. The molecule has 104 valence electrons. The molecule has 0 aromatic heterocycles. The van der Waals surface area contributed by atoms with Gasteiger partial charge in [0, 0.05) is 24.6 Å². The molecule has 6 heteroatoms. The van der Waals surface area contributed by atoms with E-state index < -0.39 is 4.92 Å². The van der Waals surface area contributed by atoms with E-state index in [9.17, 15) is 10.1 Å². The van der Waals surface area contributed by atoms with Crippen LogP contribution >= 0.6 is 0 Å². The maximum Gasteiger partial charge on any atom is 0.273 e. The highest BCUT2D eigenvalue weighted by molar-refractivity contribution is 5.43. The Hall–Kier alpha value is -1.66. The number of methoxy groups -OCH3 is 1. The van der Waals surface area contributed by atoms with Crippen LogP contribution in [0.15, 0.2) is 18.2 Å². The first-order valence-electron chi connectivity index (χ1n) is 6.19. The lowest BCUT2D eigenvalue weighted by Crippen LogP contribution is -2.33. The number of nitro benzene ring substituents is 1. The van der Waals surface area contributed by atoms with Gasteiger partial charge < -0.3 is 15.2 Å². The standard InChI is InChI=1S/C13H18N2O4/c1-18-12-5-10(4-11(6-12)15(16)17)7-13(8-14)2-3-19-9-13/h4-6H,2-3,7-9,14H2,1H3. The van der Waals surface area contributed by atoms with Crippen molar-refractivity contribution in [3.05, 3.63) is 33.9 Å². The number of ether oxygens (including phenoxy) is 2. The second-order valence-electron chi connectivity index (χ2n) is 4.98. The quantitative estimate of drug-likeness (QED) is 0.644. The molecule has 2 rings (SSSR count). The Balaban J connectivity index is 2.28. The van der Waals surface area contributed by atoms with Crippen LogP contribution < -0.4 is 10.5 Å². The number of nitrogens with two attached hydrogens (primary N) is 1. The topological polar surface area (TPSA) is 87.6 Å². The Labute approximate surface area is 111 Å². The second kappa shape index (κ2) is 5.54. The average molecular weight is 266 g/mol. The van der Waals surface area contributed by atoms with Crippen molar-refractivity contribution in [2.75, 3.05) is 26.9 Å². The van der Waals surface area contributed by atoms with Gasteiger partial charge in [0.2, 0.25) is 0 Å². The third-order valence-electron chi connectivity index (χ3n) is 3.59. The van der Waals surface area contributed by atoms with Crippen molar-refractivity contribution in [3.63, 3.8) is 0 Å². The molecule has 1 heterocycles. The fraction of sp³-hybridized carbons (Fsp3) is 0.538. The molecule has 19 heavy (non-hydrogen) atoms. The summed E-state index contributed by atoms with van der Waals surface area (Å²) in [6, 6.07) is 4.82. The van der Waals surface area contributed by atoms with Gasteiger partial charge in [0.05, 0.1) is 24.7 Å². The van der Waals surface area contributed by atoms with E-state index in [2.05, 4.69) is 0 Å². The average Bonchev–Trinajstić information content (AvgIpc) is 2.87. The van der Waals surface area contributed by atoms with Gasteiger partial charge in [0.15, 0.2) is 0 Å². The largest absolute Gasteiger partial charge is 0.496 e. The van der Waals surface area contributed by atoms with Gasteiger partial charge in [0.25, 0.3) is 5.69 Å². The minimum absolute atomic E-state index is 0.0421. The molecule has 1 fully saturated rings. The molecular formula is C13H18N2O4. The lowest BCUT2D eigenvalue weighted by Gasteiger charge is -2.25. The predicted molar refractivity (Wildman–Crippen MR) is 70.3 cm³/mol. The maximum absolute atomic E-state index is 10.9. The van der Waals surface area contributed by atoms with Gasteiger partial charge in [-0.1, -0.05) is 0 Å². The van der Waals surface area contributed by atoms with E-state index in [0.717, 1.165) is 12.0 Å². The molecule has 1 atom stereocenters. The lowest BCUT2D eigenvalue weighted by molar-refractivity contribution is -0.385.